The summed E-state index contributed by atoms with van der Waals surface area (Å²) in [6.45, 7) is 8.50. The molecule has 1 aromatic rings. The Hall–Kier alpha value is -0.940. The zero-order valence-corrected chi connectivity index (χ0v) is 11.8. The SMILES string of the molecule is CC(C)Cn1ncnc1CN(C)CC1CCCN1. The zero-order chi connectivity index (χ0) is 13.0. The average molecular weight is 251 g/mol. The van der Waals surface area contributed by atoms with Crippen LogP contribution in [0.3, 0.4) is 0 Å². The lowest BCUT2D eigenvalue weighted by atomic mass is 10.2. The quantitative estimate of drug-likeness (QED) is 0.823. The topological polar surface area (TPSA) is 46.0 Å². The van der Waals surface area contributed by atoms with Crippen LogP contribution in [0.1, 0.15) is 32.5 Å². The maximum Gasteiger partial charge on any atom is 0.141 e. The van der Waals surface area contributed by atoms with Gasteiger partial charge in [0.25, 0.3) is 0 Å². The van der Waals surface area contributed by atoms with Crippen molar-refractivity contribution in [2.45, 2.75) is 45.8 Å². The van der Waals surface area contributed by atoms with Gasteiger partial charge in [0.2, 0.25) is 0 Å². The summed E-state index contributed by atoms with van der Waals surface area (Å²) in [6.07, 6.45) is 4.27. The molecular formula is C13H25N5. The number of aromatic nitrogens is 3. The summed E-state index contributed by atoms with van der Waals surface area (Å²) >= 11 is 0. The van der Waals surface area contributed by atoms with E-state index in [2.05, 4.69) is 41.2 Å². The van der Waals surface area contributed by atoms with Crippen LogP contribution in [0.25, 0.3) is 0 Å². The smallest absolute Gasteiger partial charge is 0.141 e. The number of hydrogen-bond donors (Lipinski definition) is 1. The highest BCUT2D eigenvalue weighted by Gasteiger charge is 2.17. The Labute approximate surface area is 110 Å². The highest BCUT2D eigenvalue weighted by atomic mass is 15.3. The van der Waals surface area contributed by atoms with E-state index in [-0.39, 0.29) is 0 Å². The molecule has 0 aliphatic carbocycles. The molecule has 0 aromatic carbocycles. The molecule has 1 aliphatic heterocycles. The zero-order valence-electron chi connectivity index (χ0n) is 11.8. The van der Waals surface area contributed by atoms with E-state index in [0.717, 1.165) is 25.5 Å². The molecular weight excluding hydrogens is 226 g/mol. The van der Waals surface area contributed by atoms with Crippen LogP contribution in [0.2, 0.25) is 0 Å². The molecule has 1 N–H and O–H groups in total. The van der Waals surface area contributed by atoms with E-state index in [1.54, 1.807) is 6.33 Å². The number of rotatable bonds is 6. The molecule has 5 nitrogen and oxygen atoms in total. The molecule has 2 heterocycles. The Bertz CT molecular complexity index is 354. The van der Waals surface area contributed by atoms with Crippen LogP contribution in [-0.4, -0.2) is 45.8 Å². The third-order valence-corrected chi connectivity index (χ3v) is 3.34. The van der Waals surface area contributed by atoms with E-state index in [0.29, 0.717) is 12.0 Å². The summed E-state index contributed by atoms with van der Waals surface area (Å²) in [5, 5.41) is 7.83. The fourth-order valence-electron chi connectivity index (χ4n) is 2.50. The lowest BCUT2D eigenvalue weighted by molar-refractivity contribution is 0.278. The molecule has 1 fully saturated rings. The molecule has 102 valence electrons. The van der Waals surface area contributed by atoms with Gasteiger partial charge in [0.1, 0.15) is 12.2 Å². The number of nitrogens with zero attached hydrogens (tertiary/aromatic N) is 4. The summed E-state index contributed by atoms with van der Waals surface area (Å²) in [7, 11) is 2.16. The molecule has 0 amide bonds. The van der Waals surface area contributed by atoms with E-state index in [1.807, 2.05) is 4.68 Å². The predicted molar refractivity (Wildman–Crippen MR) is 72.2 cm³/mol. The van der Waals surface area contributed by atoms with E-state index < -0.39 is 0 Å². The largest absolute Gasteiger partial charge is 0.313 e. The molecule has 1 atom stereocenters. The van der Waals surface area contributed by atoms with Gasteiger partial charge < -0.3 is 5.32 Å². The second kappa shape index (κ2) is 6.29. The maximum absolute atomic E-state index is 4.37. The first-order valence-electron chi connectivity index (χ1n) is 6.93. The molecule has 0 radical (unpaired) electrons. The molecule has 1 aromatic heterocycles. The minimum atomic E-state index is 0.604. The lowest BCUT2D eigenvalue weighted by Gasteiger charge is -2.21. The third kappa shape index (κ3) is 3.78. The molecule has 0 spiro atoms. The van der Waals surface area contributed by atoms with E-state index in [4.69, 9.17) is 0 Å². The van der Waals surface area contributed by atoms with Crippen LogP contribution < -0.4 is 5.32 Å². The maximum atomic E-state index is 4.37. The van der Waals surface area contributed by atoms with Crippen molar-refractivity contribution in [2.75, 3.05) is 20.1 Å². The molecule has 1 unspecified atom stereocenters. The van der Waals surface area contributed by atoms with Crippen LogP contribution in [0.5, 0.6) is 0 Å². The minimum absolute atomic E-state index is 0.604. The molecule has 5 heteroatoms. The Kier molecular flexibility index (Phi) is 4.72. The monoisotopic (exact) mass is 251 g/mol. The molecule has 1 saturated heterocycles. The molecule has 0 saturated carbocycles. The van der Waals surface area contributed by atoms with Crippen molar-refractivity contribution in [3.8, 4) is 0 Å². The first kappa shape index (κ1) is 13.5. The van der Waals surface area contributed by atoms with Crippen molar-refractivity contribution in [1.82, 2.24) is 25.0 Å². The Morgan fingerprint density at radius 2 is 2.39 bits per heavy atom. The third-order valence-electron chi connectivity index (χ3n) is 3.34. The van der Waals surface area contributed by atoms with Gasteiger partial charge in [-0.05, 0) is 32.4 Å². The summed E-state index contributed by atoms with van der Waals surface area (Å²) in [4.78, 5) is 6.71. The van der Waals surface area contributed by atoms with Crippen molar-refractivity contribution in [2.24, 2.45) is 5.92 Å². The van der Waals surface area contributed by atoms with E-state index in [9.17, 15) is 0 Å². The van der Waals surface area contributed by atoms with Gasteiger partial charge >= 0.3 is 0 Å². The molecule has 0 bridgehead atoms. The second-order valence-corrected chi connectivity index (χ2v) is 5.74. The number of nitrogens with one attached hydrogen (secondary N) is 1. The van der Waals surface area contributed by atoms with Crippen molar-refractivity contribution in [3.05, 3.63) is 12.2 Å². The van der Waals surface area contributed by atoms with Crippen LogP contribution in [-0.2, 0) is 13.1 Å². The first-order valence-corrected chi connectivity index (χ1v) is 6.93. The van der Waals surface area contributed by atoms with Gasteiger partial charge in [-0.1, -0.05) is 13.8 Å². The highest BCUT2D eigenvalue weighted by molar-refractivity contribution is 4.86. The van der Waals surface area contributed by atoms with Crippen LogP contribution in [0.15, 0.2) is 6.33 Å². The average Bonchev–Trinajstić information content (AvgIpc) is 2.91. The first-order chi connectivity index (χ1) is 8.65. The minimum Gasteiger partial charge on any atom is -0.313 e. The van der Waals surface area contributed by atoms with Gasteiger partial charge in [-0.25, -0.2) is 9.67 Å². The predicted octanol–water partition coefficient (Wildman–Crippen LogP) is 1.12. The summed E-state index contributed by atoms with van der Waals surface area (Å²) in [6, 6.07) is 0.650. The van der Waals surface area contributed by atoms with Crippen molar-refractivity contribution in [3.63, 3.8) is 0 Å². The van der Waals surface area contributed by atoms with Crippen LogP contribution in [0.4, 0.5) is 0 Å². The van der Waals surface area contributed by atoms with Crippen molar-refractivity contribution >= 4 is 0 Å². The summed E-state index contributed by atoms with van der Waals surface area (Å²) in [5.74, 6) is 1.68. The van der Waals surface area contributed by atoms with Crippen molar-refractivity contribution < 1.29 is 0 Å². The van der Waals surface area contributed by atoms with E-state index >= 15 is 0 Å². The van der Waals surface area contributed by atoms with E-state index in [1.165, 1.54) is 19.4 Å². The van der Waals surface area contributed by atoms with Crippen molar-refractivity contribution in [1.29, 1.82) is 0 Å². The normalized spacial score (nSPS) is 20.2. The molecule has 1 aliphatic rings. The van der Waals surface area contributed by atoms with Crippen LogP contribution in [0, 0.1) is 5.92 Å². The van der Waals surface area contributed by atoms with Gasteiger partial charge in [0.15, 0.2) is 0 Å². The highest BCUT2D eigenvalue weighted by Crippen LogP contribution is 2.08. The Balaban J connectivity index is 1.85. The van der Waals surface area contributed by atoms with Gasteiger partial charge in [-0.15, -0.1) is 0 Å². The fraction of sp³-hybridized carbons (Fsp3) is 0.846. The van der Waals surface area contributed by atoms with Gasteiger partial charge in [-0.3, -0.25) is 4.90 Å². The molecule has 18 heavy (non-hydrogen) atoms. The van der Waals surface area contributed by atoms with Gasteiger partial charge in [0, 0.05) is 19.1 Å². The van der Waals surface area contributed by atoms with Gasteiger partial charge in [0.05, 0.1) is 6.54 Å². The number of hydrogen-bond acceptors (Lipinski definition) is 4. The summed E-state index contributed by atoms with van der Waals surface area (Å²) in [5.41, 5.74) is 0. The second-order valence-electron chi connectivity index (χ2n) is 5.74. The van der Waals surface area contributed by atoms with Crippen LogP contribution >= 0.6 is 0 Å². The Morgan fingerprint density at radius 3 is 3.06 bits per heavy atom. The lowest BCUT2D eigenvalue weighted by Crippen LogP contribution is -2.35. The van der Waals surface area contributed by atoms with Gasteiger partial charge in [-0.2, -0.15) is 5.10 Å². The summed E-state index contributed by atoms with van der Waals surface area (Å²) < 4.78 is 2.03. The standard InChI is InChI=1S/C13H25N5/c1-11(2)7-18-13(15-10-16-18)9-17(3)8-12-5-4-6-14-12/h10-12,14H,4-9H2,1-3H3. The Morgan fingerprint density at radius 1 is 1.56 bits per heavy atom. The molecule has 2 rings (SSSR count). The fourth-order valence-corrected chi connectivity index (χ4v) is 2.50. The number of likely N-dealkylation sites (N-methyl/N-ethyl adjacent to an activating group) is 1.